The highest BCUT2D eigenvalue weighted by Gasteiger charge is 2.43. The van der Waals surface area contributed by atoms with Gasteiger partial charge in [-0.1, -0.05) is 6.92 Å². The molecule has 1 aromatic carbocycles. The van der Waals surface area contributed by atoms with Crippen molar-refractivity contribution in [3.05, 3.63) is 29.0 Å². The van der Waals surface area contributed by atoms with Gasteiger partial charge in [-0.25, -0.2) is 0 Å². The molecule has 5 rings (SSSR count). The number of carbonyl (C=O) groups is 2. The van der Waals surface area contributed by atoms with Crippen molar-refractivity contribution in [2.75, 3.05) is 13.2 Å². The van der Waals surface area contributed by atoms with Gasteiger partial charge in [0.25, 0.3) is 5.91 Å². The number of Topliss-reactive ketones (excluding diaryl/α,β-unsaturated/α-hetero) is 1. The van der Waals surface area contributed by atoms with Crippen LogP contribution in [0.4, 0.5) is 0 Å². The highest BCUT2D eigenvalue weighted by molar-refractivity contribution is 6.13. The van der Waals surface area contributed by atoms with Crippen molar-refractivity contribution in [2.24, 2.45) is 5.92 Å². The van der Waals surface area contributed by atoms with Crippen LogP contribution >= 0.6 is 0 Å². The number of aryl methyl sites for hydroxylation is 1. The van der Waals surface area contributed by atoms with Crippen molar-refractivity contribution in [3.63, 3.8) is 0 Å². The van der Waals surface area contributed by atoms with Gasteiger partial charge in [0.05, 0.1) is 18.1 Å². The van der Waals surface area contributed by atoms with Gasteiger partial charge in [-0.15, -0.1) is 0 Å². The Kier molecular flexibility index (Phi) is 4.85. The predicted molar refractivity (Wildman–Crippen MR) is 112 cm³/mol. The zero-order valence-corrected chi connectivity index (χ0v) is 17.7. The number of fused-ring (bicyclic) bond motifs is 3. The van der Waals surface area contributed by atoms with E-state index in [9.17, 15) is 9.59 Å². The zero-order valence-electron chi connectivity index (χ0n) is 17.7. The van der Waals surface area contributed by atoms with Gasteiger partial charge in [0.1, 0.15) is 16.9 Å². The molecule has 6 heteroatoms. The van der Waals surface area contributed by atoms with Gasteiger partial charge in [0.2, 0.25) is 0 Å². The first-order valence-corrected chi connectivity index (χ1v) is 11.1. The molecular weight excluding hydrogens is 382 g/mol. The van der Waals surface area contributed by atoms with E-state index in [1.165, 1.54) is 0 Å². The average molecular weight is 411 g/mol. The summed E-state index contributed by atoms with van der Waals surface area (Å²) in [5, 5.41) is 3.62. The molecule has 3 heterocycles. The van der Waals surface area contributed by atoms with E-state index in [2.05, 4.69) is 12.2 Å². The molecule has 30 heavy (non-hydrogen) atoms. The van der Waals surface area contributed by atoms with Crippen LogP contribution in [-0.4, -0.2) is 36.5 Å². The Labute approximate surface area is 176 Å². The number of amides is 1. The van der Waals surface area contributed by atoms with Crippen molar-refractivity contribution in [1.82, 2.24) is 5.32 Å². The number of nitrogens with one attached hydrogen (secondary N) is 1. The number of carbonyl (C=O) groups excluding carboxylic acids is 2. The van der Waals surface area contributed by atoms with Gasteiger partial charge in [0, 0.05) is 24.1 Å². The Morgan fingerprint density at radius 1 is 1.23 bits per heavy atom. The number of rotatable bonds is 3. The fourth-order valence-electron chi connectivity index (χ4n) is 5.21. The van der Waals surface area contributed by atoms with E-state index in [1.54, 1.807) is 0 Å². The molecule has 1 unspecified atom stereocenters. The Morgan fingerprint density at radius 2 is 2.03 bits per heavy atom. The maximum absolute atomic E-state index is 13.2. The first kappa shape index (κ1) is 19.6. The molecule has 1 spiro atoms. The van der Waals surface area contributed by atoms with Crippen LogP contribution in [-0.2, 0) is 4.74 Å². The molecule has 3 aliphatic rings. The summed E-state index contributed by atoms with van der Waals surface area (Å²) in [5.74, 6) is 1.39. The summed E-state index contributed by atoms with van der Waals surface area (Å²) in [6.07, 6.45) is 6.46. The van der Waals surface area contributed by atoms with E-state index in [0.717, 1.165) is 45.1 Å². The van der Waals surface area contributed by atoms with E-state index in [0.29, 0.717) is 46.7 Å². The van der Waals surface area contributed by atoms with E-state index < -0.39 is 0 Å². The van der Waals surface area contributed by atoms with Crippen LogP contribution in [0.3, 0.4) is 0 Å². The lowest BCUT2D eigenvalue weighted by atomic mass is 9.74. The second-order valence-electron chi connectivity index (χ2n) is 9.28. The third-order valence-electron chi connectivity index (χ3n) is 7.05. The molecule has 1 aliphatic carbocycles. The molecule has 1 atom stereocenters. The Bertz CT molecular complexity index is 993. The highest BCUT2D eigenvalue weighted by Crippen LogP contribution is 2.46. The number of benzene rings is 1. The van der Waals surface area contributed by atoms with Crippen LogP contribution in [0.25, 0.3) is 11.0 Å². The SMILES string of the molecule is Cc1c(C(=O)NCC2CCCO2)oc2ccc3c(c12)C(=O)CC1(CCC(C)CC1)O3. The second kappa shape index (κ2) is 7.41. The Hall–Kier alpha value is -2.34. The summed E-state index contributed by atoms with van der Waals surface area (Å²) in [7, 11) is 0. The maximum Gasteiger partial charge on any atom is 0.287 e. The van der Waals surface area contributed by atoms with Crippen molar-refractivity contribution >= 4 is 22.7 Å². The lowest BCUT2D eigenvalue weighted by molar-refractivity contribution is 0.00430. The fraction of sp³-hybridized carbons (Fsp3) is 0.583. The molecule has 1 saturated heterocycles. The maximum atomic E-state index is 13.2. The normalized spacial score (nSPS) is 28.5. The molecule has 2 aliphatic heterocycles. The van der Waals surface area contributed by atoms with Crippen LogP contribution in [0, 0.1) is 12.8 Å². The molecule has 0 radical (unpaired) electrons. The summed E-state index contributed by atoms with van der Waals surface area (Å²) in [6.45, 7) is 5.32. The van der Waals surface area contributed by atoms with E-state index in [4.69, 9.17) is 13.9 Å². The fourth-order valence-corrected chi connectivity index (χ4v) is 5.21. The molecular formula is C24H29NO5. The minimum absolute atomic E-state index is 0.0655. The number of ketones is 1. The molecule has 6 nitrogen and oxygen atoms in total. The lowest BCUT2D eigenvalue weighted by Crippen LogP contribution is -2.44. The zero-order chi connectivity index (χ0) is 20.9. The molecule has 1 N–H and O–H groups in total. The quantitative estimate of drug-likeness (QED) is 0.801. The van der Waals surface area contributed by atoms with Crippen LogP contribution < -0.4 is 10.1 Å². The highest BCUT2D eigenvalue weighted by atomic mass is 16.5. The smallest absolute Gasteiger partial charge is 0.287 e. The van der Waals surface area contributed by atoms with Gasteiger partial charge in [-0.3, -0.25) is 9.59 Å². The Balaban J connectivity index is 1.44. The summed E-state index contributed by atoms with van der Waals surface area (Å²) in [4.78, 5) is 26.0. The Morgan fingerprint density at radius 3 is 2.77 bits per heavy atom. The van der Waals surface area contributed by atoms with Crippen molar-refractivity contribution in [1.29, 1.82) is 0 Å². The average Bonchev–Trinajstić information content (AvgIpc) is 3.37. The van der Waals surface area contributed by atoms with Gasteiger partial charge in [0.15, 0.2) is 11.5 Å². The van der Waals surface area contributed by atoms with Crippen molar-refractivity contribution < 1.29 is 23.5 Å². The third kappa shape index (κ3) is 3.31. The first-order chi connectivity index (χ1) is 14.5. The molecule has 0 bridgehead atoms. The molecule has 160 valence electrons. The predicted octanol–water partition coefficient (Wildman–Crippen LogP) is 4.56. The van der Waals surface area contributed by atoms with Crippen LogP contribution in [0.15, 0.2) is 16.5 Å². The summed E-state index contributed by atoms with van der Waals surface area (Å²) >= 11 is 0. The third-order valence-corrected chi connectivity index (χ3v) is 7.05. The van der Waals surface area contributed by atoms with E-state index >= 15 is 0 Å². The summed E-state index contributed by atoms with van der Waals surface area (Å²) in [5.41, 5.74) is 1.44. The van der Waals surface area contributed by atoms with Crippen LogP contribution in [0.1, 0.15) is 78.3 Å². The minimum atomic E-state index is -0.372. The molecule has 1 saturated carbocycles. The monoisotopic (exact) mass is 411 g/mol. The second-order valence-corrected chi connectivity index (χ2v) is 9.28. The standard InChI is InChI=1S/C24H29NO5/c1-14-7-9-24(10-8-14)12-17(26)21-19(30-24)6-5-18-20(21)15(2)22(29-18)23(27)25-13-16-4-3-11-28-16/h5-6,14,16H,3-4,7-13H2,1-2H3,(H,25,27). The van der Waals surface area contributed by atoms with Crippen LogP contribution in [0.2, 0.25) is 0 Å². The van der Waals surface area contributed by atoms with Crippen molar-refractivity contribution in [2.45, 2.75) is 70.5 Å². The summed E-state index contributed by atoms with van der Waals surface area (Å²) < 4.78 is 17.9. The largest absolute Gasteiger partial charge is 0.486 e. The molecule has 2 fully saturated rings. The van der Waals surface area contributed by atoms with Crippen molar-refractivity contribution in [3.8, 4) is 5.75 Å². The molecule has 2 aromatic rings. The first-order valence-electron chi connectivity index (χ1n) is 11.1. The van der Waals surface area contributed by atoms with Gasteiger partial charge >= 0.3 is 0 Å². The van der Waals surface area contributed by atoms with E-state index in [1.807, 2.05) is 19.1 Å². The van der Waals surface area contributed by atoms with Gasteiger partial charge in [-0.05, 0) is 63.5 Å². The number of hydrogen-bond acceptors (Lipinski definition) is 5. The number of furan rings is 1. The molecule has 1 amide bonds. The number of hydrogen-bond donors (Lipinski definition) is 1. The van der Waals surface area contributed by atoms with Gasteiger partial charge < -0.3 is 19.2 Å². The minimum Gasteiger partial charge on any atom is -0.486 e. The topological polar surface area (TPSA) is 77.8 Å². The van der Waals surface area contributed by atoms with Crippen LogP contribution in [0.5, 0.6) is 5.75 Å². The lowest BCUT2D eigenvalue weighted by Gasteiger charge is -2.42. The summed E-state index contributed by atoms with van der Waals surface area (Å²) in [6, 6.07) is 3.64. The molecule has 1 aromatic heterocycles. The van der Waals surface area contributed by atoms with Gasteiger partial charge in [-0.2, -0.15) is 0 Å². The van der Waals surface area contributed by atoms with E-state index in [-0.39, 0.29) is 29.2 Å². The number of ether oxygens (including phenoxy) is 2.